The highest BCUT2D eigenvalue weighted by Gasteiger charge is 2.16. The predicted molar refractivity (Wildman–Crippen MR) is 84.3 cm³/mol. The van der Waals surface area contributed by atoms with E-state index in [1.807, 2.05) is 28.9 Å². The van der Waals surface area contributed by atoms with Crippen LogP contribution in [0.5, 0.6) is 0 Å². The summed E-state index contributed by atoms with van der Waals surface area (Å²) in [5, 5.41) is 4.67. The zero-order chi connectivity index (χ0) is 14.8. The zero-order valence-corrected chi connectivity index (χ0v) is 12.5. The van der Waals surface area contributed by atoms with E-state index in [1.165, 1.54) is 32.1 Å². The van der Waals surface area contributed by atoms with E-state index in [1.54, 1.807) is 12.4 Å². The number of fused-ring (bicyclic) bond motifs is 1. The van der Waals surface area contributed by atoms with Crippen LogP contribution in [0, 0.1) is 5.92 Å². The first-order chi connectivity index (χ1) is 10.9. The van der Waals surface area contributed by atoms with Gasteiger partial charge in [0.05, 0.1) is 5.69 Å². The molecule has 0 N–H and O–H groups in total. The van der Waals surface area contributed by atoms with Crippen LogP contribution < -0.4 is 0 Å². The van der Waals surface area contributed by atoms with Crippen LogP contribution in [0.1, 0.15) is 37.9 Å². The van der Waals surface area contributed by atoms with E-state index in [0.717, 1.165) is 29.4 Å². The van der Waals surface area contributed by atoms with Gasteiger partial charge in [-0.2, -0.15) is 9.50 Å². The molecule has 4 rings (SSSR count). The van der Waals surface area contributed by atoms with Crippen LogP contribution in [0.25, 0.3) is 17.0 Å². The summed E-state index contributed by atoms with van der Waals surface area (Å²) in [4.78, 5) is 13.1. The van der Waals surface area contributed by atoms with Crippen molar-refractivity contribution in [3.05, 3.63) is 42.6 Å². The largest absolute Gasteiger partial charge is 0.264 e. The number of aryl methyl sites for hydroxylation is 1. The molecule has 0 aromatic carbocycles. The van der Waals surface area contributed by atoms with Crippen molar-refractivity contribution in [2.45, 2.75) is 38.5 Å². The molecule has 0 amide bonds. The summed E-state index contributed by atoms with van der Waals surface area (Å²) in [5.41, 5.74) is 2.01. The Morgan fingerprint density at radius 2 is 2.05 bits per heavy atom. The van der Waals surface area contributed by atoms with Crippen molar-refractivity contribution in [1.29, 1.82) is 0 Å². The Labute approximate surface area is 129 Å². The van der Waals surface area contributed by atoms with Crippen molar-refractivity contribution in [2.75, 3.05) is 0 Å². The molecule has 0 spiro atoms. The maximum Gasteiger partial charge on any atom is 0.252 e. The van der Waals surface area contributed by atoms with Gasteiger partial charge in [-0.15, -0.1) is 5.10 Å². The Morgan fingerprint density at radius 1 is 1.14 bits per heavy atom. The Bertz CT molecular complexity index is 759. The average Bonchev–Trinajstić information content (AvgIpc) is 3.22. The second-order valence-electron chi connectivity index (χ2n) is 6.00. The molecule has 1 fully saturated rings. The topological polar surface area (TPSA) is 56.0 Å². The van der Waals surface area contributed by atoms with Crippen LogP contribution in [-0.4, -0.2) is 24.6 Å². The number of pyridine rings is 1. The van der Waals surface area contributed by atoms with Gasteiger partial charge in [-0.25, -0.2) is 4.98 Å². The van der Waals surface area contributed by atoms with Gasteiger partial charge in [-0.3, -0.25) is 4.98 Å². The van der Waals surface area contributed by atoms with E-state index in [-0.39, 0.29) is 0 Å². The van der Waals surface area contributed by atoms with Gasteiger partial charge in [-0.05, 0) is 30.5 Å². The highest BCUT2D eigenvalue weighted by Crippen LogP contribution is 2.28. The third-order valence-corrected chi connectivity index (χ3v) is 4.49. The van der Waals surface area contributed by atoms with Crippen LogP contribution in [0.4, 0.5) is 0 Å². The Hall–Kier alpha value is -2.30. The monoisotopic (exact) mass is 293 g/mol. The number of hydrogen-bond acceptors (Lipinski definition) is 4. The molecule has 1 saturated carbocycles. The van der Waals surface area contributed by atoms with Gasteiger partial charge in [-0.1, -0.05) is 25.7 Å². The molecule has 5 nitrogen and oxygen atoms in total. The number of nitrogens with zero attached hydrogens (tertiary/aromatic N) is 5. The third-order valence-electron chi connectivity index (χ3n) is 4.49. The van der Waals surface area contributed by atoms with E-state index < -0.39 is 0 Å². The van der Waals surface area contributed by atoms with Gasteiger partial charge < -0.3 is 0 Å². The molecule has 22 heavy (non-hydrogen) atoms. The SMILES string of the molecule is c1cncc(-c2ccnc3nc(CCC4CCCC4)nn23)c1. The van der Waals surface area contributed by atoms with Gasteiger partial charge in [0.1, 0.15) is 0 Å². The lowest BCUT2D eigenvalue weighted by molar-refractivity contribution is 0.497. The first-order valence-electron chi connectivity index (χ1n) is 8.01. The van der Waals surface area contributed by atoms with Crippen molar-refractivity contribution in [1.82, 2.24) is 24.6 Å². The molecule has 0 atom stereocenters. The smallest absolute Gasteiger partial charge is 0.252 e. The molecule has 0 bridgehead atoms. The van der Waals surface area contributed by atoms with E-state index in [2.05, 4.69) is 20.1 Å². The van der Waals surface area contributed by atoms with Crippen molar-refractivity contribution in [2.24, 2.45) is 5.92 Å². The van der Waals surface area contributed by atoms with E-state index in [9.17, 15) is 0 Å². The fraction of sp³-hybridized carbons (Fsp3) is 0.412. The summed E-state index contributed by atoms with van der Waals surface area (Å²) in [7, 11) is 0. The van der Waals surface area contributed by atoms with Crippen molar-refractivity contribution in [3.8, 4) is 11.3 Å². The Morgan fingerprint density at radius 3 is 2.86 bits per heavy atom. The van der Waals surface area contributed by atoms with Gasteiger partial charge in [0.15, 0.2) is 5.82 Å². The first-order valence-corrected chi connectivity index (χ1v) is 8.01. The molecule has 0 aliphatic heterocycles. The van der Waals surface area contributed by atoms with Gasteiger partial charge in [0.25, 0.3) is 5.78 Å². The van der Waals surface area contributed by atoms with Crippen LogP contribution in [-0.2, 0) is 6.42 Å². The summed E-state index contributed by atoms with van der Waals surface area (Å²) in [5.74, 6) is 2.43. The highest BCUT2D eigenvalue weighted by atomic mass is 15.3. The lowest BCUT2D eigenvalue weighted by Gasteiger charge is -2.05. The Balaban J connectivity index is 1.63. The quantitative estimate of drug-likeness (QED) is 0.740. The minimum atomic E-state index is 0.669. The molecule has 0 radical (unpaired) electrons. The predicted octanol–water partition coefficient (Wildman–Crippen LogP) is 3.31. The third kappa shape index (κ3) is 2.58. The molecule has 3 heterocycles. The van der Waals surface area contributed by atoms with Crippen LogP contribution in [0.15, 0.2) is 36.8 Å². The van der Waals surface area contributed by atoms with Crippen molar-refractivity contribution >= 4 is 5.78 Å². The fourth-order valence-corrected chi connectivity index (χ4v) is 3.31. The summed E-state index contributed by atoms with van der Waals surface area (Å²) in [6.07, 6.45) is 13.0. The molecule has 3 aromatic rings. The van der Waals surface area contributed by atoms with Crippen molar-refractivity contribution < 1.29 is 0 Å². The Kier molecular flexibility index (Phi) is 3.54. The summed E-state index contributed by atoms with van der Waals surface area (Å²) >= 11 is 0. The standard InChI is InChI=1S/C17H19N5/c1-2-5-13(4-1)7-8-16-20-17-19-11-9-15(22(17)21-16)14-6-3-10-18-12-14/h3,6,9-13H,1-2,4-5,7-8H2. The molecule has 0 unspecified atom stereocenters. The molecule has 0 saturated heterocycles. The minimum absolute atomic E-state index is 0.669. The van der Waals surface area contributed by atoms with Gasteiger partial charge in [0, 0.05) is 30.6 Å². The molecular formula is C17H19N5. The average molecular weight is 293 g/mol. The number of rotatable bonds is 4. The van der Waals surface area contributed by atoms with Gasteiger partial charge >= 0.3 is 0 Å². The highest BCUT2D eigenvalue weighted by molar-refractivity contribution is 5.59. The molecule has 1 aliphatic carbocycles. The molecular weight excluding hydrogens is 274 g/mol. The first kappa shape index (κ1) is 13.4. The summed E-state index contributed by atoms with van der Waals surface area (Å²) in [6, 6.07) is 5.92. The lowest BCUT2D eigenvalue weighted by atomic mass is 10.0. The summed E-state index contributed by atoms with van der Waals surface area (Å²) < 4.78 is 1.83. The van der Waals surface area contributed by atoms with Crippen LogP contribution in [0.3, 0.4) is 0 Å². The van der Waals surface area contributed by atoms with E-state index in [4.69, 9.17) is 0 Å². The summed E-state index contributed by atoms with van der Waals surface area (Å²) in [6.45, 7) is 0. The van der Waals surface area contributed by atoms with Crippen LogP contribution >= 0.6 is 0 Å². The molecule has 5 heteroatoms. The minimum Gasteiger partial charge on any atom is -0.264 e. The van der Waals surface area contributed by atoms with Crippen molar-refractivity contribution in [3.63, 3.8) is 0 Å². The second-order valence-corrected chi connectivity index (χ2v) is 6.00. The van der Waals surface area contributed by atoms with E-state index >= 15 is 0 Å². The van der Waals surface area contributed by atoms with Crippen LogP contribution in [0.2, 0.25) is 0 Å². The maximum absolute atomic E-state index is 4.67. The van der Waals surface area contributed by atoms with Gasteiger partial charge in [0.2, 0.25) is 0 Å². The number of hydrogen-bond donors (Lipinski definition) is 0. The molecule has 112 valence electrons. The second kappa shape index (κ2) is 5.83. The molecule has 3 aromatic heterocycles. The molecule has 1 aliphatic rings. The maximum atomic E-state index is 4.67. The van der Waals surface area contributed by atoms with E-state index in [0.29, 0.717) is 5.78 Å². The number of aromatic nitrogens is 5. The zero-order valence-electron chi connectivity index (χ0n) is 12.5. The fourth-order valence-electron chi connectivity index (χ4n) is 3.31. The normalized spacial score (nSPS) is 15.6. The lowest BCUT2D eigenvalue weighted by Crippen LogP contribution is -1.99.